The van der Waals surface area contributed by atoms with Crippen LogP contribution in [-0.4, -0.2) is 32.9 Å². The number of pyridine rings is 1. The van der Waals surface area contributed by atoms with Crippen molar-refractivity contribution in [2.75, 3.05) is 13.1 Å². The molecule has 1 fully saturated rings. The van der Waals surface area contributed by atoms with Crippen molar-refractivity contribution in [3.63, 3.8) is 0 Å². The van der Waals surface area contributed by atoms with Crippen LogP contribution >= 0.6 is 0 Å². The Morgan fingerprint density at radius 3 is 2.85 bits per heavy atom. The van der Waals surface area contributed by atoms with Gasteiger partial charge in [-0.2, -0.15) is 0 Å². The smallest absolute Gasteiger partial charge is 0.121 e. The van der Waals surface area contributed by atoms with E-state index in [1.165, 1.54) is 5.56 Å². The van der Waals surface area contributed by atoms with Crippen LogP contribution in [0.2, 0.25) is 0 Å². The zero-order valence-electron chi connectivity index (χ0n) is 11.2. The second-order valence-electron chi connectivity index (χ2n) is 5.38. The topological polar surface area (TPSA) is 44.8 Å². The number of aromatic amines is 1. The molecular formula is C16H16N4. The number of para-hydroxylation sites is 2. The number of imidazole rings is 1. The fraction of sp³-hybridized carbons (Fsp3) is 0.250. The first-order chi connectivity index (χ1) is 9.88. The first-order valence-corrected chi connectivity index (χ1v) is 6.94. The van der Waals surface area contributed by atoms with Gasteiger partial charge >= 0.3 is 0 Å². The zero-order valence-corrected chi connectivity index (χ0v) is 11.2. The number of H-pyrrole nitrogens is 1. The predicted octanol–water partition coefficient (Wildman–Crippen LogP) is 2.56. The van der Waals surface area contributed by atoms with Crippen LogP contribution in [0.25, 0.3) is 11.0 Å². The SMILES string of the molecule is c1cncc(C2CN(Cc3nc4ccccc4[nH]3)C2)c1. The summed E-state index contributed by atoms with van der Waals surface area (Å²) in [4.78, 5) is 14.6. The molecule has 100 valence electrons. The van der Waals surface area contributed by atoms with Crippen molar-refractivity contribution in [2.45, 2.75) is 12.5 Å². The number of aromatic nitrogens is 3. The molecule has 0 bridgehead atoms. The standard InChI is InChI=1S/C16H16N4/c1-2-6-15-14(5-1)18-16(19-15)11-20-9-13(10-20)12-4-3-7-17-8-12/h1-8,13H,9-11H2,(H,18,19). The van der Waals surface area contributed by atoms with E-state index in [1.807, 2.05) is 36.7 Å². The summed E-state index contributed by atoms with van der Waals surface area (Å²) < 4.78 is 0. The van der Waals surface area contributed by atoms with Gasteiger partial charge in [-0.05, 0) is 23.8 Å². The van der Waals surface area contributed by atoms with Crippen molar-refractivity contribution in [3.8, 4) is 0 Å². The normalized spacial score (nSPS) is 16.4. The minimum Gasteiger partial charge on any atom is -0.341 e. The molecule has 4 rings (SSSR count). The van der Waals surface area contributed by atoms with Gasteiger partial charge in [0, 0.05) is 31.4 Å². The van der Waals surface area contributed by atoms with Gasteiger partial charge in [0.25, 0.3) is 0 Å². The van der Waals surface area contributed by atoms with Crippen molar-refractivity contribution < 1.29 is 0 Å². The van der Waals surface area contributed by atoms with Crippen LogP contribution in [0.5, 0.6) is 0 Å². The molecular weight excluding hydrogens is 248 g/mol. The first kappa shape index (κ1) is 11.6. The van der Waals surface area contributed by atoms with E-state index >= 15 is 0 Å². The maximum atomic E-state index is 4.62. The molecule has 1 N–H and O–H groups in total. The van der Waals surface area contributed by atoms with Crippen molar-refractivity contribution >= 4 is 11.0 Å². The monoisotopic (exact) mass is 264 g/mol. The summed E-state index contributed by atoms with van der Waals surface area (Å²) >= 11 is 0. The summed E-state index contributed by atoms with van der Waals surface area (Å²) in [5.74, 6) is 1.67. The van der Waals surface area contributed by atoms with E-state index in [0.717, 1.165) is 36.5 Å². The van der Waals surface area contributed by atoms with Crippen LogP contribution in [0.4, 0.5) is 0 Å². The number of fused-ring (bicyclic) bond motifs is 1. The Kier molecular flexibility index (Phi) is 2.74. The molecule has 3 heterocycles. The van der Waals surface area contributed by atoms with Crippen molar-refractivity contribution in [2.24, 2.45) is 0 Å². The van der Waals surface area contributed by atoms with Gasteiger partial charge in [0.15, 0.2) is 0 Å². The van der Waals surface area contributed by atoms with Crippen LogP contribution in [0.15, 0.2) is 48.8 Å². The highest BCUT2D eigenvalue weighted by atomic mass is 15.2. The molecule has 0 saturated carbocycles. The Morgan fingerprint density at radius 1 is 1.15 bits per heavy atom. The average molecular weight is 264 g/mol. The van der Waals surface area contributed by atoms with Crippen LogP contribution in [0.1, 0.15) is 17.3 Å². The highest BCUT2D eigenvalue weighted by Gasteiger charge is 2.28. The van der Waals surface area contributed by atoms with Gasteiger partial charge < -0.3 is 4.98 Å². The maximum absolute atomic E-state index is 4.62. The first-order valence-electron chi connectivity index (χ1n) is 6.94. The summed E-state index contributed by atoms with van der Waals surface area (Å²) in [5.41, 5.74) is 3.51. The molecule has 0 radical (unpaired) electrons. The minimum atomic E-state index is 0.619. The van der Waals surface area contributed by atoms with Crippen molar-refractivity contribution in [3.05, 3.63) is 60.2 Å². The molecule has 0 spiro atoms. The van der Waals surface area contributed by atoms with Crippen LogP contribution in [0.3, 0.4) is 0 Å². The van der Waals surface area contributed by atoms with Crippen molar-refractivity contribution in [1.29, 1.82) is 0 Å². The minimum absolute atomic E-state index is 0.619. The molecule has 0 unspecified atom stereocenters. The second-order valence-corrected chi connectivity index (χ2v) is 5.38. The van der Waals surface area contributed by atoms with E-state index in [0.29, 0.717) is 5.92 Å². The van der Waals surface area contributed by atoms with Gasteiger partial charge in [-0.25, -0.2) is 4.98 Å². The third-order valence-electron chi connectivity index (χ3n) is 3.92. The third-order valence-corrected chi connectivity index (χ3v) is 3.92. The molecule has 0 amide bonds. The van der Waals surface area contributed by atoms with E-state index in [-0.39, 0.29) is 0 Å². The molecule has 4 nitrogen and oxygen atoms in total. The van der Waals surface area contributed by atoms with Crippen LogP contribution in [-0.2, 0) is 6.54 Å². The lowest BCUT2D eigenvalue weighted by molar-refractivity contribution is 0.136. The van der Waals surface area contributed by atoms with E-state index < -0.39 is 0 Å². The number of benzene rings is 1. The molecule has 2 aromatic heterocycles. The van der Waals surface area contributed by atoms with Gasteiger partial charge in [0.1, 0.15) is 5.82 Å². The predicted molar refractivity (Wildman–Crippen MR) is 78.3 cm³/mol. The van der Waals surface area contributed by atoms with E-state index in [9.17, 15) is 0 Å². The molecule has 3 aromatic rings. The lowest BCUT2D eigenvalue weighted by atomic mass is 9.93. The molecule has 0 atom stereocenters. The highest BCUT2D eigenvalue weighted by molar-refractivity contribution is 5.74. The van der Waals surface area contributed by atoms with Gasteiger partial charge in [-0.1, -0.05) is 18.2 Å². The molecule has 1 aromatic carbocycles. The lowest BCUT2D eigenvalue weighted by Crippen LogP contribution is -2.44. The second kappa shape index (κ2) is 4.72. The highest BCUT2D eigenvalue weighted by Crippen LogP contribution is 2.27. The number of hydrogen-bond donors (Lipinski definition) is 1. The number of rotatable bonds is 3. The Morgan fingerprint density at radius 2 is 2.05 bits per heavy atom. The Labute approximate surface area is 117 Å². The quantitative estimate of drug-likeness (QED) is 0.790. The summed E-state index contributed by atoms with van der Waals surface area (Å²) in [5, 5.41) is 0. The Bertz CT molecular complexity index is 680. The van der Waals surface area contributed by atoms with Gasteiger partial charge in [0.2, 0.25) is 0 Å². The fourth-order valence-electron chi connectivity index (χ4n) is 2.82. The molecule has 20 heavy (non-hydrogen) atoms. The van der Waals surface area contributed by atoms with Gasteiger partial charge in [0.05, 0.1) is 17.6 Å². The Hall–Kier alpha value is -2.20. The van der Waals surface area contributed by atoms with E-state index in [1.54, 1.807) is 0 Å². The number of likely N-dealkylation sites (tertiary alicyclic amines) is 1. The summed E-state index contributed by atoms with van der Waals surface area (Å²) in [6.07, 6.45) is 3.80. The van der Waals surface area contributed by atoms with Crippen LogP contribution < -0.4 is 0 Å². The van der Waals surface area contributed by atoms with Gasteiger partial charge in [-0.15, -0.1) is 0 Å². The Balaban J connectivity index is 1.42. The van der Waals surface area contributed by atoms with E-state index in [4.69, 9.17) is 0 Å². The van der Waals surface area contributed by atoms with Crippen LogP contribution in [0, 0.1) is 0 Å². The maximum Gasteiger partial charge on any atom is 0.121 e. The summed E-state index contributed by atoms with van der Waals surface area (Å²) in [6, 6.07) is 12.3. The number of nitrogens with one attached hydrogen (secondary N) is 1. The summed E-state index contributed by atoms with van der Waals surface area (Å²) in [6.45, 7) is 3.07. The fourth-order valence-corrected chi connectivity index (χ4v) is 2.82. The molecule has 4 heteroatoms. The largest absolute Gasteiger partial charge is 0.341 e. The van der Waals surface area contributed by atoms with E-state index in [2.05, 4.69) is 32.0 Å². The van der Waals surface area contributed by atoms with Gasteiger partial charge in [-0.3, -0.25) is 9.88 Å². The third kappa shape index (κ3) is 2.08. The van der Waals surface area contributed by atoms with Crippen molar-refractivity contribution in [1.82, 2.24) is 19.9 Å². The number of nitrogens with zero attached hydrogens (tertiary/aromatic N) is 3. The number of hydrogen-bond acceptors (Lipinski definition) is 3. The molecule has 1 saturated heterocycles. The lowest BCUT2D eigenvalue weighted by Gasteiger charge is -2.38. The molecule has 1 aliphatic rings. The zero-order chi connectivity index (χ0) is 13.4. The molecule has 1 aliphatic heterocycles. The molecule has 0 aliphatic carbocycles. The average Bonchev–Trinajstić information content (AvgIpc) is 2.86. The summed E-state index contributed by atoms with van der Waals surface area (Å²) in [7, 11) is 0.